The molecule has 0 bridgehead atoms. The maximum absolute atomic E-state index is 2.40. The van der Waals surface area contributed by atoms with Crippen molar-refractivity contribution >= 4 is 0 Å². The fourth-order valence-electron chi connectivity index (χ4n) is 3.34. The molecule has 90 valence electrons. The van der Waals surface area contributed by atoms with E-state index in [1.54, 1.807) is 0 Å². The van der Waals surface area contributed by atoms with Crippen molar-refractivity contribution in [3.63, 3.8) is 0 Å². The van der Waals surface area contributed by atoms with Crippen LogP contribution in [-0.4, -0.2) is 30.2 Å². The van der Waals surface area contributed by atoms with Gasteiger partial charge in [0.1, 0.15) is 0 Å². The van der Waals surface area contributed by atoms with Crippen molar-refractivity contribution in [3.05, 3.63) is 0 Å². The van der Waals surface area contributed by atoms with Gasteiger partial charge in [0.25, 0.3) is 0 Å². The fourth-order valence-corrected chi connectivity index (χ4v) is 3.34. The van der Waals surface area contributed by atoms with Crippen LogP contribution in [0.2, 0.25) is 0 Å². The Balaban J connectivity index is 2.59. The van der Waals surface area contributed by atoms with E-state index < -0.39 is 0 Å². The lowest BCUT2D eigenvalue weighted by Crippen LogP contribution is -2.56. The van der Waals surface area contributed by atoms with Crippen LogP contribution in [0.4, 0.5) is 0 Å². The van der Waals surface area contributed by atoms with Gasteiger partial charge in [0.2, 0.25) is 0 Å². The molecule has 1 rings (SSSR count). The molecule has 1 aliphatic rings. The molecule has 0 radical (unpaired) electrons. The molecule has 15 heavy (non-hydrogen) atoms. The third-order valence-electron chi connectivity index (χ3n) is 4.57. The highest BCUT2D eigenvalue weighted by atomic mass is 15.4. The Morgan fingerprint density at radius 1 is 0.933 bits per heavy atom. The van der Waals surface area contributed by atoms with Crippen LogP contribution in [0.1, 0.15) is 65.7 Å². The van der Waals surface area contributed by atoms with Crippen LogP contribution in [0.5, 0.6) is 0 Å². The summed E-state index contributed by atoms with van der Waals surface area (Å²) in [4.78, 5) is 0. The third-order valence-corrected chi connectivity index (χ3v) is 4.57. The van der Waals surface area contributed by atoms with E-state index in [0.29, 0.717) is 0 Å². The molecule has 0 N–H and O–H groups in total. The summed E-state index contributed by atoms with van der Waals surface area (Å²) in [5.41, 5.74) is 0. The predicted octanol–water partition coefficient (Wildman–Crippen LogP) is 3.98. The van der Waals surface area contributed by atoms with E-state index >= 15 is 0 Å². The van der Waals surface area contributed by atoms with Gasteiger partial charge in [-0.15, -0.1) is 0 Å². The van der Waals surface area contributed by atoms with Gasteiger partial charge in [-0.2, -0.15) is 0 Å². The molecule has 0 heterocycles. The zero-order chi connectivity index (χ0) is 11.1. The van der Waals surface area contributed by atoms with Crippen LogP contribution in [0.15, 0.2) is 0 Å². The van der Waals surface area contributed by atoms with Crippen LogP contribution < -0.4 is 0 Å². The normalized spacial score (nSPS) is 19.4. The molecule has 0 aliphatic heterocycles. The first kappa shape index (κ1) is 13.0. The summed E-state index contributed by atoms with van der Waals surface area (Å²) in [5.74, 6) is 0. The number of nitrogens with zero attached hydrogens (tertiary/aromatic N) is 1. The van der Waals surface area contributed by atoms with Gasteiger partial charge in [-0.05, 0) is 46.0 Å². The molecule has 0 aromatic heterocycles. The van der Waals surface area contributed by atoms with Crippen molar-refractivity contribution in [1.29, 1.82) is 0 Å². The Hall–Kier alpha value is -0.0400. The zero-order valence-corrected chi connectivity index (χ0v) is 11.1. The van der Waals surface area contributed by atoms with Crippen molar-refractivity contribution in [3.8, 4) is 0 Å². The Morgan fingerprint density at radius 3 is 2.00 bits per heavy atom. The number of unbranched alkanes of at least 4 members (excludes halogenated alkanes) is 1. The molecule has 0 spiro atoms. The molecule has 0 unspecified atom stereocenters. The van der Waals surface area contributed by atoms with Gasteiger partial charge in [-0.25, -0.2) is 0 Å². The molecule has 1 fully saturated rings. The van der Waals surface area contributed by atoms with Crippen molar-refractivity contribution in [2.24, 2.45) is 0 Å². The molecular weight excluding hydrogens is 182 g/mol. The van der Waals surface area contributed by atoms with Crippen molar-refractivity contribution < 1.29 is 4.48 Å². The van der Waals surface area contributed by atoms with E-state index in [-0.39, 0.29) is 0 Å². The minimum Gasteiger partial charge on any atom is -0.322 e. The average molecular weight is 212 g/mol. The first-order valence-corrected chi connectivity index (χ1v) is 7.14. The van der Waals surface area contributed by atoms with Crippen LogP contribution in [0.3, 0.4) is 0 Å². The second-order valence-electron chi connectivity index (χ2n) is 5.22. The average Bonchev–Trinajstić information content (AvgIpc) is 2.33. The van der Waals surface area contributed by atoms with E-state index in [4.69, 9.17) is 0 Å². The quantitative estimate of drug-likeness (QED) is 0.584. The highest BCUT2D eigenvalue weighted by molar-refractivity contribution is 4.67. The first-order valence-electron chi connectivity index (χ1n) is 7.14. The molecular formula is C14H30N+. The summed E-state index contributed by atoms with van der Waals surface area (Å²) < 4.78 is 1.41. The third kappa shape index (κ3) is 3.21. The minimum absolute atomic E-state index is 0.986. The largest absolute Gasteiger partial charge is 0.322 e. The van der Waals surface area contributed by atoms with Crippen molar-refractivity contribution in [2.75, 3.05) is 19.6 Å². The maximum atomic E-state index is 2.40. The summed E-state index contributed by atoms with van der Waals surface area (Å²) in [6, 6.07) is 0.986. The standard InChI is InChI=1S/C14H30N/c1-4-7-13-15(5-2,6-3)14-11-9-8-10-12-14/h14H,4-13H2,1-3H3/q+1. The first-order chi connectivity index (χ1) is 7.29. The summed E-state index contributed by atoms with van der Waals surface area (Å²) in [6.07, 6.45) is 10.2. The van der Waals surface area contributed by atoms with Gasteiger partial charge in [0.15, 0.2) is 0 Å². The van der Waals surface area contributed by atoms with Gasteiger partial charge in [0, 0.05) is 0 Å². The van der Waals surface area contributed by atoms with E-state index in [2.05, 4.69) is 20.8 Å². The van der Waals surface area contributed by atoms with Crippen LogP contribution in [-0.2, 0) is 0 Å². The second-order valence-corrected chi connectivity index (χ2v) is 5.22. The molecule has 0 amide bonds. The van der Waals surface area contributed by atoms with Crippen LogP contribution in [0.25, 0.3) is 0 Å². The second kappa shape index (κ2) is 6.52. The predicted molar refractivity (Wildman–Crippen MR) is 68.0 cm³/mol. The van der Waals surface area contributed by atoms with Crippen LogP contribution >= 0.6 is 0 Å². The molecule has 0 aromatic rings. The van der Waals surface area contributed by atoms with E-state index in [1.807, 2.05) is 0 Å². The highest BCUT2D eigenvalue weighted by Gasteiger charge is 2.33. The highest BCUT2D eigenvalue weighted by Crippen LogP contribution is 2.28. The molecule has 0 saturated heterocycles. The number of hydrogen-bond donors (Lipinski definition) is 0. The Bertz CT molecular complexity index is 155. The van der Waals surface area contributed by atoms with Gasteiger partial charge in [-0.1, -0.05) is 19.8 Å². The van der Waals surface area contributed by atoms with Crippen molar-refractivity contribution in [1.82, 2.24) is 0 Å². The molecule has 0 aromatic carbocycles. The smallest absolute Gasteiger partial charge is 0.0890 e. The van der Waals surface area contributed by atoms with E-state index in [9.17, 15) is 0 Å². The van der Waals surface area contributed by atoms with Crippen molar-refractivity contribution in [2.45, 2.75) is 71.8 Å². The lowest BCUT2D eigenvalue weighted by molar-refractivity contribution is -0.949. The molecule has 1 aliphatic carbocycles. The zero-order valence-electron chi connectivity index (χ0n) is 11.1. The van der Waals surface area contributed by atoms with Gasteiger partial charge in [-0.3, -0.25) is 0 Å². The number of quaternary nitrogens is 1. The number of hydrogen-bond acceptors (Lipinski definition) is 0. The number of rotatable bonds is 6. The summed E-state index contributed by atoms with van der Waals surface area (Å²) >= 11 is 0. The monoisotopic (exact) mass is 212 g/mol. The molecule has 1 heteroatoms. The minimum atomic E-state index is 0.986. The van der Waals surface area contributed by atoms with Crippen LogP contribution in [0, 0.1) is 0 Å². The lowest BCUT2D eigenvalue weighted by atomic mass is 9.91. The molecule has 0 atom stereocenters. The maximum Gasteiger partial charge on any atom is 0.0890 e. The van der Waals surface area contributed by atoms with Gasteiger partial charge >= 0.3 is 0 Å². The van der Waals surface area contributed by atoms with E-state index in [1.165, 1.54) is 69.1 Å². The summed E-state index contributed by atoms with van der Waals surface area (Å²) in [7, 11) is 0. The summed E-state index contributed by atoms with van der Waals surface area (Å²) in [5, 5.41) is 0. The Morgan fingerprint density at radius 2 is 1.53 bits per heavy atom. The van der Waals surface area contributed by atoms with E-state index in [0.717, 1.165) is 6.04 Å². The van der Waals surface area contributed by atoms with Gasteiger partial charge in [0.05, 0.1) is 25.7 Å². The SMILES string of the molecule is CCCC[N+](CC)(CC)C1CCCCC1. The summed E-state index contributed by atoms with van der Waals surface area (Å²) in [6.45, 7) is 11.2. The molecule has 1 saturated carbocycles. The van der Waals surface area contributed by atoms with Gasteiger partial charge < -0.3 is 4.48 Å². The fraction of sp³-hybridized carbons (Fsp3) is 1.00. The molecule has 1 nitrogen and oxygen atoms in total. The Labute approximate surface area is 96.4 Å². The topological polar surface area (TPSA) is 0 Å². The lowest BCUT2D eigenvalue weighted by Gasteiger charge is -2.45. The Kier molecular flexibility index (Phi) is 5.66.